The van der Waals surface area contributed by atoms with Crippen molar-refractivity contribution < 1.29 is 4.79 Å². The monoisotopic (exact) mass is 389 g/mol. The molecule has 0 aliphatic heterocycles. The van der Waals surface area contributed by atoms with Crippen molar-refractivity contribution in [2.24, 2.45) is 0 Å². The van der Waals surface area contributed by atoms with Crippen LogP contribution in [0.1, 0.15) is 20.9 Å². The van der Waals surface area contributed by atoms with Gasteiger partial charge in [-0.1, -0.05) is 35.1 Å². The second kappa shape index (κ2) is 6.55. The van der Waals surface area contributed by atoms with Crippen molar-refractivity contribution in [3.63, 3.8) is 0 Å². The Balaban J connectivity index is 1.64. The summed E-state index contributed by atoms with van der Waals surface area (Å²) >= 11 is 8.64. The highest BCUT2D eigenvalue weighted by Gasteiger charge is 2.17. The Bertz CT molecular complexity index is 1040. The van der Waals surface area contributed by atoms with Gasteiger partial charge in [-0.25, -0.2) is 0 Å². The quantitative estimate of drug-likeness (QED) is 0.567. The van der Waals surface area contributed by atoms with Crippen molar-refractivity contribution in [3.05, 3.63) is 57.0 Å². The lowest BCUT2D eigenvalue weighted by atomic mass is 10.2. The number of rotatable bonds is 4. The summed E-state index contributed by atoms with van der Waals surface area (Å²) in [5.74, 6) is -0.185. The number of hydrogen-bond acceptors (Lipinski definition) is 6. The number of benzene rings is 1. The van der Waals surface area contributed by atoms with E-state index in [1.54, 1.807) is 5.51 Å². The zero-order valence-electron chi connectivity index (χ0n) is 13.1. The van der Waals surface area contributed by atoms with Crippen molar-refractivity contribution in [1.82, 2.24) is 20.0 Å². The first-order chi connectivity index (χ1) is 12.1. The summed E-state index contributed by atoms with van der Waals surface area (Å²) in [7, 11) is 0. The van der Waals surface area contributed by atoms with Crippen LogP contribution in [-0.2, 0) is 6.54 Å². The number of nitrogens with zero attached hydrogens (tertiary/aromatic N) is 4. The van der Waals surface area contributed by atoms with Crippen LogP contribution in [0.25, 0.3) is 10.2 Å². The minimum atomic E-state index is -0.185. The minimum Gasteiger partial charge on any atom is -0.296 e. The number of fused-ring (bicyclic) bond motifs is 1. The first-order valence-electron chi connectivity index (χ1n) is 7.39. The van der Waals surface area contributed by atoms with Crippen LogP contribution in [0.5, 0.6) is 0 Å². The summed E-state index contributed by atoms with van der Waals surface area (Å²) in [4.78, 5) is 14.0. The molecule has 0 aliphatic rings. The van der Waals surface area contributed by atoms with Crippen molar-refractivity contribution in [2.75, 3.05) is 5.32 Å². The molecule has 1 aromatic carbocycles. The molecule has 126 valence electrons. The molecule has 4 aromatic rings. The van der Waals surface area contributed by atoms with Gasteiger partial charge in [-0.05, 0) is 30.7 Å². The Morgan fingerprint density at radius 1 is 1.32 bits per heavy atom. The van der Waals surface area contributed by atoms with Gasteiger partial charge in [0.2, 0.25) is 5.13 Å². The molecule has 1 N–H and O–H groups in total. The van der Waals surface area contributed by atoms with Crippen LogP contribution in [-0.4, -0.2) is 25.9 Å². The Hall–Kier alpha value is -2.29. The average Bonchev–Trinajstić information content (AvgIpc) is 3.29. The molecule has 4 rings (SSSR count). The number of aryl methyl sites for hydroxylation is 1. The summed E-state index contributed by atoms with van der Waals surface area (Å²) in [5, 5.41) is 17.1. The van der Waals surface area contributed by atoms with Gasteiger partial charge in [-0.15, -0.1) is 21.5 Å². The molecule has 0 radical (unpaired) electrons. The Labute approximate surface area is 156 Å². The van der Waals surface area contributed by atoms with Crippen LogP contribution in [0.4, 0.5) is 5.13 Å². The molecule has 6 nitrogen and oxygen atoms in total. The SMILES string of the molecule is Cc1nn(Cc2ccc(Cl)cc2)c2sc(C(=O)Nc3nncs3)cc12. The predicted molar refractivity (Wildman–Crippen MR) is 101 cm³/mol. The van der Waals surface area contributed by atoms with Gasteiger partial charge >= 0.3 is 0 Å². The molecule has 3 aromatic heterocycles. The van der Waals surface area contributed by atoms with Gasteiger partial charge < -0.3 is 0 Å². The van der Waals surface area contributed by atoms with E-state index < -0.39 is 0 Å². The summed E-state index contributed by atoms with van der Waals surface area (Å²) in [6.45, 7) is 2.57. The minimum absolute atomic E-state index is 0.185. The number of anilines is 1. The first kappa shape index (κ1) is 16.2. The number of carbonyl (C=O) groups excluding carboxylic acids is 1. The van der Waals surface area contributed by atoms with E-state index in [4.69, 9.17) is 11.6 Å². The zero-order chi connectivity index (χ0) is 17.4. The van der Waals surface area contributed by atoms with Gasteiger partial charge in [0.15, 0.2) is 0 Å². The van der Waals surface area contributed by atoms with Crippen LogP contribution in [0, 0.1) is 6.92 Å². The van der Waals surface area contributed by atoms with E-state index in [1.165, 1.54) is 22.7 Å². The largest absolute Gasteiger partial charge is 0.296 e. The van der Waals surface area contributed by atoms with E-state index in [0.29, 0.717) is 21.6 Å². The molecular weight excluding hydrogens is 378 g/mol. The lowest BCUT2D eigenvalue weighted by molar-refractivity contribution is 0.103. The second-order valence-electron chi connectivity index (χ2n) is 5.40. The van der Waals surface area contributed by atoms with Crippen molar-refractivity contribution in [1.29, 1.82) is 0 Å². The number of thiophene rings is 1. The highest BCUT2D eigenvalue weighted by atomic mass is 35.5. The number of aromatic nitrogens is 4. The Kier molecular flexibility index (Phi) is 4.24. The van der Waals surface area contributed by atoms with Crippen LogP contribution >= 0.6 is 34.3 Å². The molecular formula is C16H12ClN5OS2. The van der Waals surface area contributed by atoms with Crippen LogP contribution in [0.15, 0.2) is 35.8 Å². The van der Waals surface area contributed by atoms with Crippen molar-refractivity contribution in [3.8, 4) is 0 Å². The summed E-state index contributed by atoms with van der Waals surface area (Å²) in [6, 6.07) is 9.54. The number of carbonyl (C=O) groups is 1. The van der Waals surface area contributed by atoms with Crippen LogP contribution in [0.3, 0.4) is 0 Å². The molecule has 0 spiro atoms. The highest BCUT2D eigenvalue weighted by Crippen LogP contribution is 2.29. The molecule has 9 heteroatoms. The van der Waals surface area contributed by atoms with Gasteiger partial charge in [0.05, 0.1) is 17.1 Å². The lowest BCUT2D eigenvalue weighted by Crippen LogP contribution is -2.09. The van der Waals surface area contributed by atoms with Crippen molar-refractivity contribution >= 4 is 55.5 Å². The maximum atomic E-state index is 12.4. The number of halogens is 1. The summed E-state index contributed by atoms with van der Waals surface area (Å²) < 4.78 is 1.92. The van der Waals surface area contributed by atoms with Crippen LogP contribution < -0.4 is 5.32 Å². The van der Waals surface area contributed by atoms with E-state index in [0.717, 1.165) is 21.5 Å². The fourth-order valence-electron chi connectivity index (χ4n) is 2.48. The third kappa shape index (κ3) is 3.28. The molecule has 0 atom stereocenters. The number of amides is 1. The topological polar surface area (TPSA) is 72.7 Å². The van der Waals surface area contributed by atoms with Gasteiger partial charge in [-0.3, -0.25) is 14.8 Å². The third-order valence-electron chi connectivity index (χ3n) is 3.66. The van der Waals surface area contributed by atoms with Gasteiger partial charge in [0.25, 0.3) is 5.91 Å². The normalized spacial score (nSPS) is 11.1. The third-order valence-corrected chi connectivity index (χ3v) is 5.66. The maximum Gasteiger partial charge on any atom is 0.267 e. The van der Waals surface area contributed by atoms with E-state index in [2.05, 4.69) is 20.6 Å². The molecule has 1 amide bonds. The van der Waals surface area contributed by atoms with E-state index >= 15 is 0 Å². The predicted octanol–water partition coefficient (Wildman–Crippen LogP) is 4.21. The van der Waals surface area contributed by atoms with E-state index in [9.17, 15) is 4.79 Å². The fourth-order valence-corrected chi connectivity index (χ4v) is 4.10. The van der Waals surface area contributed by atoms with E-state index in [1.807, 2.05) is 41.9 Å². The molecule has 0 saturated heterocycles. The molecule has 0 bridgehead atoms. The molecule has 25 heavy (non-hydrogen) atoms. The Morgan fingerprint density at radius 2 is 2.12 bits per heavy atom. The molecule has 0 unspecified atom stereocenters. The second-order valence-corrected chi connectivity index (χ2v) is 7.70. The number of hydrogen-bond donors (Lipinski definition) is 1. The number of nitrogens with one attached hydrogen (secondary N) is 1. The smallest absolute Gasteiger partial charge is 0.267 e. The molecule has 3 heterocycles. The standard InChI is InChI=1S/C16H12ClN5OS2/c1-9-12-6-13(14(23)19-16-20-18-8-24-16)25-15(12)22(21-9)7-10-2-4-11(17)5-3-10/h2-6,8H,7H2,1H3,(H,19,20,23). The highest BCUT2D eigenvalue weighted by molar-refractivity contribution is 7.20. The lowest BCUT2D eigenvalue weighted by Gasteiger charge is -2.03. The van der Waals surface area contributed by atoms with E-state index in [-0.39, 0.29) is 5.91 Å². The van der Waals surface area contributed by atoms with Crippen molar-refractivity contribution in [2.45, 2.75) is 13.5 Å². The molecule has 0 saturated carbocycles. The van der Waals surface area contributed by atoms with Crippen LogP contribution in [0.2, 0.25) is 5.02 Å². The maximum absolute atomic E-state index is 12.4. The summed E-state index contributed by atoms with van der Waals surface area (Å²) in [5.41, 5.74) is 3.58. The zero-order valence-corrected chi connectivity index (χ0v) is 15.5. The van der Waals surface area contributed by atoms with Gasteiger partial charge in [-0.2, -0.15) is 5.10 Å². The van der Waals surface area contributed by atoms with Gasteiger partial charge in [0.1, 0.15) is 10.3 Å². The van der Waals surface area contributed by atoms with Gasteiger partial charge in [0, 0.05) is 10.4 Å². The average molecular weight is 390 g/mol. The molecule has 0 aliphatic carbocycles. The molecule has 0 fully saturated rings. The first-order valence-corrected chi connectivity index (χ1v) is 9.46. The fraction of sp³-hybridized carbons (Fsp3) is 0.125. The summed E-state index contributed by atoms with van der Waals surface area (Å²) in [6.07, 6.45) is 0. The Morgan fingerprint density at radius 3 is 2.84 bits per heavy atom.